The number of benzene rings is 1. The topological polar surface area (TPSA) is 64.3 Å². The molecule has 4 heteroatoms. The van der Waals surface area contributed by atoms with Gasteiger partial charge in [-0.3, -0.25) is 4.79 Å². The number of ether oxygens (including phenoxy) is 1. The fourth-order valence-electron chi connectivity index (χ4n) is 1.68. The molecular formula is C15H24N2O2. The van der Waals surface area contributed by atoms with Gasteiger partial charge in [-0.2, -0.15) is 0 Å². The van der Waals surface area contributed by atoms with Gasteiger partial charge in [0.25, 0.3) is 5.91 Å². The van der Waals surface area contributed by atoms with Crippen LogP contribution in [0.25, 0.3) is 0 Å². The Hall–Kier alpha value is -1.39. The second kappa shape index (κ2) is 8.67. The summed E-state index contributed by atoms with van der Waals surface area (Å²) in [6.07, 6.45) is 1.91. The van der Waals surface area contributed by atoms with Crippen molar-refractivity contribution in [3.05, 3.63) is 35.4 Å². The Labute approximate surface area is 115 Å². The maximum atomic E-state index is 11.8. The van der Waals surface area contributed by atoms with Crippen LogP contribution in [-0.2, 0) is 11.2 Å². The summed E-state index contributed by atoms with van der Waals surface area (Å²) in [6, 6.07) is 7.57. The van der Waals surface area contributed by atoms with E-state index < -0.39 is 0 Å². The first-order valence-electron chi connectivity index (χ1n) is 6.82. The van der Waals surface area contributed by atoms with Gasteiger partial charge in [0, 0.05) is 18.7 Å². The summed E-state index contributed by atoms with van der Waals surface area (Å²) in [5, 5.41) is 2.88. The highest BCUT2D eigenvalue weighted by Gasteiger charge is 2.04. The quantitative estimate of drug-likeness (QED) is 0.703. The molecule has 1 amide bonds. The maximum Gasteiger partial charge on any atom is 0.251 e. The van der Waals surface area contributed by atoms with E-state index in [1.807, 2.05) is 38.1 Å². The summed E-state index contributed by atoms with van der Waals surface area (Å²) < 4.78 is 5.41. The summed E-state index contributed by atoms with van der Waals surface area (Å²) in [6.45, 7) is 5.94. The van der Waals surface area contributed by atoms with Crippen LogP contribution >= 0.6 is 0 Å². The third-order valence-corrected chi connectivity index (χ3v) is 2.71. The second-order valence-corrected chi connectivity index (χ2v) is 4.76. The first-order valence-corrected chi connectivity index (χ1v) is 6.82. The molecule has 0 aromatic heterocycles. The predicted octanol–water partition coefficient (Wildman–Crippen LogP) is 1.73. The molecular weight excluding hydrogens is 240 g/mol. The van der Waals surface area contributed by atoms with Crippen LogP contribution < -0.4 is 11.1 Å². The van der Waals surface area contributed by atoms with Crippen molar-refractivity contribution in [3.63, 3.8) is 0 Å². The minimum Gasteiger partial charge on any atom is -0.379 e. The number of nitrogens with one attached hydrogen (secondary N) is 1. The molecule has 19 heavy (non-hydrogen) atoms. The van der Waals surface area contributed by atoms with Crippen molar-refractivity contribution < 1.29 is 9.53 Å². The fourth-order valence-corrected chi connectivity index (χ4v) is 1.68. The molecule has 0 saturated carbocycles. The molecule has 0 aliphatic carbocycles. The number of carbonyl (C=O) groups excluding carboxylic acids is 1. The Morgan fingerprint density at radius 1 is 1.32 bits per heavy atom. The summed E-state index contributed by atoms with van der Waals surface area (Å²) in [4.78, 5) is 11.8. The van der Waals surface area contributed by atoms with Crippen LogP contribution in [0.4, 0.5) is 0 Å². The largest absolute Gasteiger partial charge is 0.379 e. The van der Waals surface area contributed by atoms with Crippen LogP contribution in [0.5, 0.6) is 0 Å². The zero-order valence-electron chi connectivity index (χ0n) is 11.8. The molecule has 0 heterocycles. The van der Waals surface area contributed by atoms with Crippen molar-refractivity contribution in [1.82, 2.24) is 5.32 Å². The summed E-state index contributed by atoms with van der Waals surface area (Å²) >= 11 is 0. The summed E-state index contributed by atoms with van der Waals surface area (Å²) in [7, 11) is 0. The summed E-state index contributed by atoms with van der Waals surface area (Å²) in [5.74, 6) is -0.0381. The molecule has 0 fully saturated rings. The Morgan fingerprint density at radius 3 is 2.58 bits per heavy atom. The van der Waals surface area contributed by atoms with E-state index in [-0.39, 0.29) is 12.0 Å². The number of hydrogen-bond acceptors (Lipinski definition) is 3. The molecule has 0 spiro atoms. The van der Waals surface area contributed by atoms with Gasteiger partial charge in [0.15, 0.2) is 0 Å². The number of nitrogens with two attached hydrogens (primary N) is 1. The molecule has 0 bridgehead atoms. The van der Waals surface area contributed by atoms with Crippen LogP contribution in [0.2, 0.25) is 0 Å². The van der Waals surface area contributed by atoms with E-state index in [2.05, 4.69) is 5.32 Å². The monoisotopic (exact) mass is 264 g/mol. The highest BCUT2D eigenvalue weighted by atomic mass is 16.5. The van der Waals surface area contributed by atoms with Crippen LogP contribution in [-0.4, -0.2) is 31.7 Å². The Bertz CT molecular complexity index is 374. The molecule has 0 radical (unpaired) electrons. The van der Waals surface area contributed by atoms with Gasteiger partial charge < -0.3 is 15.8 Å². The average molecular weight is 264 g/mol. The molecule has 0 aliphatic heterocycles. The highest BCUT2D eigenvalue weighted by Crippen LogP contribution is 2.04. The standard InChI is InChI=1S/C15H24N2O2/c1-12(2)19-11-3-10-17-15(18)14-6-4-13(5-7-14)8-9-16/h4-7,12H,3,8-11,16H2,1-2H3,(H,17,18). The van der Waals surface area contributed by atoms with E-state index in [1.54, 1.807) is 0 Å². The van der Waals surface area contributed by atoms with Gasteiger partial charge >= 0.3 is 0 Å². The van der Waals surface area contributed by atoms with Gasteiger partial charge in [0.1, 0.15) is 0 Å². The lowest BCUT2D eigenvalue weighted by Gasteiger charge is -2.08. The van der Waals surface area contributed by atoms with E-state index in [1.165, 1.54) is 0 Å². The van der Waals surface area contributed by atoms with Gasteiger partial charge in [-0.15, -0.1) is 0 Å². The van der Waals surface area contributed by atoms with Gasteiger partial charge in [-0.05, 0) is 50.9 Å². The van der Waals surface area contributed by atoms with Crippen molar-refractivity contribution in [1.29, 1.82) is 0 Å². The lowest BCUT2D eigenvalue weighted by atomic mass is 10.1. The maximum absolute atomic E-state index is 11.8. The zero-order valence-corrected chi connectivity index (χ0v) is 11.8. The van der Waals surface area contributed by atoms with E-state index in [4.69, 9.17) is 10.5 Å². The zero-order chi connectivity index (χ0) is 14.1. The van der Waals surface area contributed by atoms with Crippen molar-refractivity contribution in [2.24, 2.45) is 5.73 Å². The van der Waals surface area contributed by atoms with E-state index in [0.717, 1.165) is 18.4 Å². The number of carbonyl (C=O) groups is 1. The van der Waals surface area contributed by atoms with E-state index in [9.17, 15) is 4.79 Å². The predicted molar refractivity (Wildman–Crippen MR) is 77.2 cm³/mol. The molecule has 3 N–H and O–H groups in total. The lowest BCUT2D eigenvalue weighted by Crippen LogP contribution is -2.25. The van der Waals surface area contributed by atoms with Gasteiger partial charge in [0.05, 0.1) is 6.10 Å². The number of amides is 1. The van der Waals surface area contributed by atoms with Gasteiger partial charge in [-0.25, -0.2) is 0 Å². The average Bonchev–Trinajstić information content (AvgIpc) is 2.39. The Kier molecular flexibility index (Phi) is 7.15. The Morgan fingerprint density at radius 2 is 2.00 bits per heavy atom. The highest BCUT2D eigenvalue weighted by molar-refractivity contribution is 5.94. The fraction of sp³-hybridized carbons (Fsp3) is 0.533. The SMILES string of the molecule is CC(C)OCCCNC(=O)c1ccc(CCN)cc1. The molecule has 0 saturated heterocycles. The van der Waals surface area contributed by atoms with Crippen molar-refractivity contribution in [2.75, 3.05) is 19.7 Å². The lowest BCUT2D eigenvalue weighted by molar-refractivity contribution is 0.0757. The van der Waals surface area contributed by atoms with Crippen LogP contribution in [0.1, 0.15) is 36.2 Å². The van der Waals surface area contributed by atoms with E-state index in [0.29, 0.717) is 25.3 Å². The normalized spacial score (nSPS) is 10.7. The molecule has 106 valence electrons. The Balaban J connectivity index is 2.29. The number of rotatable bonds is 8. The molecule has 0 unspecified atom stereocenters. The van der Waals surface area contributed by atoms with Crippen molar-refractivity contribution in [2.45, 2.75) is 32.8 Å². The number of hydrogen-bond donors (Lipinski definition) is 2. The van der Waals surface area contributed by atoms with Crippen LogP contribution in [0, 0.1) is 0 Å². The molecule has 0 atom stereocenters. The van der Waals surface area contributed by atoms with Gasteiger partial charge in [0.2, 0.25) is 0 Å². The summed E-state index contributed by atoms with van der Waals surface area (Å²) in [5.41, 5.74) is 7.33. The van der Waals surface area contributed by atoms with Crippen molar-refractivity contribution in [3.8, 4) is 0 Å². The minimum atomic E-state index is -0.0381. The second-order valence-electron chi connectivity index (χ2n) is 4.76. The molecule has 4 nitrogen and oxygen atoms in total. The van der Waals surface area contributed by atoms with Crippen LogP contribution in [0.3, 0.4) is 0 Å². The van der Waals surface area contributed by atoms with Crippen LogP contribution in [0.15, 0.2) is 24.3 Å². The molecule has 1 aromatic rings. The molecule has 0 aliphatic rings. The molecule has 1 rings (SSSR count). The smallest absolute Gasteiger partial charge is 0.251 e. The third kappa shape index (κ3) is 6.36. The minimum absolute atomic E-state index is 0.0381. The third-order valence-electron chi connectivity index (χ3n) is 2.71. The first kappa shape index (κ1) is 15.7. The molecule has 1 aromatic carbocycles. The first-order chi connectivity index (χ1) is 9.13. The van der Waals surface area contributed by atoms with Gasteiger partial charge in [-0.1, -0.05) is 12.1 Å². The van der Waals surface area contributed by atoms with E-state index >= 15 is 0 Å². The van der Waals surface area contributed by atoms with Crippen molar-refractivity contribution >= 4 is 5.91 Å².